The van der Waals surface area contributed by atoms with Crippen LogP contribution >= 0.6 is 0 Å². The van der Waals surface area contributed by atoms with Crippen LogP contribution in [0.2, 0.25) is 0 Å². The fraction of sp³-hybridized carbons (Fsp3) is 0.550. The van der Waals surface area contributed by atoms with Gasteiger partial charge in [-0.1, -0.05) is 0 Å². The lowest BCUT2D eigenvalue weighted by Crippen LogP contribution is -2.47. The number of benzene rings is 1. The first kappa shape index (κ1) is 18.9. The number of anilines is 1. The van der Waals surface area contributed by atoms with Crippen LogP contribution in [0, 0.1) is 17.7 Å². The van der Waals surface area contributed by atoms with Gasteiger partial charge in [0.15, 0.2) is 0 Å². The number of carbonyl (C=O) groups is 2. The number of hydrogen-bond donors (Lipinski definition) is 1. The smallest absolute Gasteiger partial charge is 0.321 e. The number of rotatable bonds is 4. The molecular formula is C20H25FN4O3. The molecule has 4 rings (SSSR count). The number of carbonyl (C=O) groups excluding carboxylic acids is 2. The van der Waals surface area contributed by atoms with Gasteiger partial charge in [-0.05, 0) is 49.9 Å². The SMILES string of the molecule is COCCN1C(=O)[C@]2(CC[C@@H]3CN(C(=O)Nc4ccc(F)cc4)C[C@@H]32)N=C1C. The van der Waals surface area contributed by atoms with Crippen molar-refractivity contribution in [2.75, 3.05) is 38.7 Å². The van der Waals surface area contributed by atoms with E-state index < -0.39 is 5.54 Å². The summed E-state index contributed by atoms with van der Waals surface area (Å²) in [5.74, 6) is 0.720. The summed E-state index contributed by atoms with van der Waals surface area (Å²) < 4.78 is 18.2. The number of urea groups is 1. The number of nitrogens with one attached hydrogen (secondary N) is 1. The van der Waals surface area contributed by atoms with Gasteiger partial charge in [0, 0.05) is 31.8 Å². The highest BCUT2D eigenvalue weighted by molar-refractivity contribution is 6.08. The zero-order valence-electron chi connectivity index (χ0n) is 16.2. The summed E-state index contributed by atoms with van der Waals surface area (Å²) in [6.07, 6.45) is 1.61. The lowest BCUT2D eigenvalue weighted by Gasteiger charge is -2.28. The Bertz CT molecular complexity index is 812. The topological polar surface area (TPSA) is 74.2 Å². The van der Waals surface area contributed by atoms with Gasteiger partial charge >= 0.3 is 6.03 Å². The van der Waals surface area contributed by atoms with E-state index in [1.807, 2.05) is 6.92 Å². The van der Waals surface area contributed by atoms with Gasteiger partial charge in [-0.15, -0.1) is 0 Å². The summed E-state index contributed by atoms with van der Waals surface area (Å²) in [6.45, 7) is 3.94. The zero-order chi connectivity index (χ0) is 19.9. The molecule has 3 amide bonds. The summed E-state index contributed by atoms with van der Waals surface area (Å²) in [7, 11) is 1.61. The Labute approximate surface area is 163 Å². The van der Waals surface area contributed by atoms with Crippen LogP contribution in [0.5, 0.6) is 0 Å². The fourth-order valence-corrected chi connectivity index (χ4v) is 4.83. The molecule has 0 aromatic heterocycles. The molecule has 28 heavy (non-hydrogen) atoms. The molecule has 1 saturated carbocycles. The molecular weight excluding hydrogens is 363 g/mol. The maximum Gasteiger partial charge on any atom is 0.321 e. The second kappa shape index (κ2) is 7.16. The molecule has 1 aliphatic carbocycles. The molecule has 1 aromatic rings. The van der Waals surface area contributed by atoms with Crippen LogP contribution in [0.15, 0.2) is 29.3 Å². The highest BCUT2D eigenvalue weighted by atomic mass is 19.1. The number of amides is 3. The molecule has 2 heterocycles. The number of hydrogen-bond acceptors (Lipinski definition) is 4. The highest BCUT2D eigenvalue weighted by Crippen LogP contribution is 2.50. The lowest BCUT2D eigenvalue weighted by atomic mass is 9.85. The third kappa shape index (κ3) is 3.05. The number of fused-ring (bicyclic) bond motifs is 2. The van der Waals surface area contributed by atoms with Gasteiger partial charge in [-0.25, -0.2) is 9.18 Å². The Morgan fingerprint density at radius 2 is 2.11 bits per heavy atom. The Morgan fingerprint density at radius 1 is 1.36 bits per heavy atom. The maximum atomic E-state index is 13.2. The van der Waals surface area contributed by atoms with E-state index in [4.69, 9.17) is 9.73 Å². The quantitative estimate of drug-likeness (QED) is 0.860. The van der Waals surface area contributed by atoms with Crippen LogP contribution < -0.4 is 5.32 Å². The van der Waals surface area contributed by atoms with Crippen LogP contribution in [-0.4, -0.2) is 66.5 Å². The first-order chi connectivity index (χ1) is 13.4. The summed E-state index contributed by atoms with van der Waals surface area (Å²) in [6, 6.07) is 5.47. The van der Waals surface area contributed by atoms with Crippen molar-refractivity contribution in [3.63, 3.8) is 0 Å². The molecule has 1 N–H and O–H groups in total. The predicted molar refractivity (Wildman–Crippen MR) is 103 cm³/mol. The van der Waals surface area contributed by atoms with Gasteiger partial charge in [0.25, 0.3) is 5.91 Å². The standard InChI is InChI=1S/C20H25FN4O3/c1-13-23-20(18(26)25(13)9-10-28-2)8-7-14-11-24(12-17(14)20)19(27)22-16-5-3-15(21)4-6-16/h3-6,14,17H,7-12H2,1-2H3,(H,22,27)/t14-,17+,20-/m1/s1. The summed E-state index contributed by atoms with van der Waals surface area (Å²) >= 11 is 0. The largest absolute Gasteiger partial charge is 0.383 e. The lowest BCUT2D eigenvalue weighted by molar-refractivity contribution is -0.132. The maximum absolute atomic E-state index is 13.2. The van der Waals surface area contributed by atoms with Crippen molar-refractivity contribution in [2.24, 2.45) is 16.8 Å². The third-order valence-corrected chi connectivity index (χ3v) is 6.22. The van der Waals surface area contributed by atoms with E-state index in [1.54, 1.807) is 16.9 Å². The summed E-state index contributed by atoms with van der Waals surface area (Å²) in [5, 5.41) is 2.81. The molecule has 1 spiro atoms. The minimum absolute atomic E-state index is 0.0291. The molecule has 2 fully saturated rings. The van der Waals surface area contributed by atoms with Crippen molar-refractivity contribution in [3.05, 3.63) is 30.1 Å². The second-order valence-corrected chi connectivity index (χ2v) is 7.78. The number of halogens is 1. The molecule has 8 heteroatoms. The molecule has 150 valence electrons. The molecule has 1 saturated heterocycles. The molecule has 1 aromatic carbocycles. The molecule has 7 nitrogen and oxygen atoms in total. The van der Waals surface area contributed by atoms with Gasteiger partial charge < -0.3 is 15.0 Å². The first-order valence-electron chi connectivity index (χ1n) is 9.63. The average Bonchev–Trinajstić information content (AvgIpc) is 3.31. The van der Waals surface area contributed by atoms with Crippen LogP contribution in [-0.2, 0) is 9.53 Å². The van der Waals surface area contributed by atoms with Crippen molar-refractivity contribution >= 4 is 23.5 Å². The summed E-state index contributed by atoms with van der Waals surface area (Å²) in [5.41, 5.74) is -0.192. The number of methoxy groups -OCH3 is 1. The monoisotopic (exact) mass is 388 g/mol. The molecule has 2 aliphatic heterocycles. The molecule has 0 unspecified atom stereocenters. The van der Waals surface area contributed by atoms with Crippen molar-refractivity contribution < 1.29 is 18.7 Å². The normalized spacial score (nSPS) is 28.8. The van der Waals surface area contributed by atoms with Gasteiger partial charge in [0.05, 0.1) is 13.2 Å². The number of aliphatic imine (C=N–C) groups is 1. The van der Waals surface area contributed by atoms with Gasteiger partial charge in [-0.2, -0.15) is 0 Å². The third-order valence-electron chi connectivity index (χ3n) is 6.22. The molecule has 0 radical (unpaired) electrons. The van der Waals surface area contributed by atoms with E-state index in [0.717, 1.165) is 18.7 Å². The number of likely N-dealkylation sites (tertiary alicyclic amines) is 1. The Balaban J connectivity index is 1.46. The average molecular weight is 388 g/mol. The number of amidine groups is 1. The van der Waals surface area contributed by atoms with E-state index >= 15 is 0 Å². The van der Waals surface area contributed by atoms with Gasteiger partial charge in [0.2, 0.25) is 0 Å². The van der Waals surface area contributed by atoms with E-state index in [9.17, 15) is 14.0 Å². The predicted octanol–water partition coefficient (Wildman–Crippen LogP) is 2.35. The Hall–Kier alpha value is -2.48. The minimum Gasteiger partial charge on any atom is -0.383 e. The highest BCUT2D eigenvalue weighted by Gasteiger charge is 2.61. The fourth-order valence-electron chi connectivity index (χ4n) is 4.83. The minimum atomic E-state index is -0.743. The summed E-state index contributed by atoms with van der Waals surface area (Å²) in [4.78, 5) is 34.1. The zero-order valence-corrected chi connectivity index (χ0v) is 16.2. The van der Waals surface area contributed by atoms with Crippen LogP contribution in [0.3, 0.4) is 0 Å². The first-order valence-corrected chi connectivity index (χ1v) is 9.63. The van der Waals surface area contributed by atoms with E-state index in [-0.39, 0.29) is 29.6 Å². The van der Waals surface area contributed by atoms with Gasteiger partial charge in [-0.3, -0.25) is 14.7 Å². The van der Waals surface area contributed by atoms with E-state index in [0.29, 0.717) is 31.9 Å². The van der Waals surface area contributed by atoms with Crippen LogP contribution in [0.25, 0.3) is 0 Å². The number of ether oxygens (including phenoxy) is 1. The molecule has 0 bridgehead atoms. The van der Waals surface area contributed by atoms with E-state index in [2.05, 4.69) is 5.32 Å². The van der Waals surface area contributed by atoms with Crippen LogP contribution in [0.4, 0.5) is 14.9 Å². The van der Waals surface area contributed by atoms with Crippen molar-refractivity contribution in [1.29, 1.82) is 0 Å². The van der Waals surface area contributed by atoms with Crippen molar-refractivity contribution in [2.45, 2.75) is 25.3 Å². The number of nitrogens with zero attached hydrogens (tertiary/aromatic N) is 3. The molecule has 3 aliphatic rings. The molecule has 3 atom stereocenters. The van der Waals surface area contributed by atoms with Crippen molar-refractivity contribution in [3.8, 4) is 0 Å². The Morgan fingerprint density at radius 3 is 2.82 bits per heavy atom. The van der Waals surface area contributed by atoms with Crippen molar-refractivity contribution in [1.82, 2.24) is 9.80 Å². The van der Waals surface area contributed by atoms with E-state index in [1.165, 1.54) is 24.3 Å². The Kier molecular flexibility index (Phi) is 4.82. The van der Waals surface area contributed by atoms with Gasteiger partial charge in [0.1, 0.15) is 17.2 Å². The van der Waals surface area contributed by atoms with Crippen LogP contribution in [0.1, 0.15) is 19.8 Å². The second-order valence-electron chi connectivity index (χ2n) is 7.78.